The standard InChI is InChI=1S/C12H9ClFN5S/c1-19-6-9(13)10(18-19)11-16-17-12(20-11)15-8-4-2-7(14)3-5-8/h2-6H,1H3,(H,15,17). The van der Waals surface area contributed by atoms with Crippen molar-refractivity contribution in [1.29, 1.82) is 0 Å². The molecule has 0 aliphatic heterocycles. The fraction of sp³-hybridized carbons (Fsp3) is 0.0833. The molecule has 2 aromatic heterocycles. The van der Waals surface area contributed by atoms with Gasteiger partial charge in [0.15, 0.2) is 5.01 Å². The summed E-state index contributed by atoms with van der Waals surface area (Å²) >= 11 is 7.39. The van der Waals surface area contributed by atoms with E-state index < -0.39 is 0 Å². The number of hydrogen-bond acceptors (Lipinski definition) is 5. The maximum Gasteiger partial charge on any atom is 0.210 e. The molecule has 0 aliphatic carbocycles. The first-order valence-electron chi connectivity index (χ1n) is 5.67. The predicted octanol–water partition coefficient (Wildman–Crippen LogP) is 3.47. The number of benzene rings is 1. The van der Waals surface area contributed by atoms with E-state index in [4.69, 9.17) is 11.6 Å². The van der Waals surface area contributed by atoms with E-state index in [1.54, 1.807) is 30.1 Å². The van der Waals surface area contributed by atoms with E-state index in [1.807, 2.05) is 0 Å². The Morgan fingerprint density at radius 1 is 1.25 bits per heavy atom. The molecule has 1 aromatic carbocycles. The topological polar surface area (TPSA) is 55.6 Å². The summed E-state index contributed by atoms with van der Waals surface area (Å²) in [5.41, 5.74) is 1.33. The van der Waals surface area contributed by atoms with Gasteiger partial charge in [0.2, 0.25) is 5.13 Å². The van der Waals surface area contributed by atoms with Gasteiger partial charge in [0.1, 0.15) is 11.5 Å². The lowest BCUT2D eigenvalue weighted by Gasteiger charge is -2.00. The van der Waals surface area contributed by atoms with Gasteiger partial charge in [0.25, 0.3) is 0 Å². The summed E-state index contributed by atoms with van der Waals surface area (Å²) in [7, 11) is 1.79. The van der Waals surface area contributed by atoms with Crippen LogP contribution in [0.1, 0.15) is 0 Å². The number of aryl methyl sites for hydroxylation is 1. The Morgan fingerprint density at radius 2 is 2.00 bits per heavy atom. The molecule has 20 heavy (non-hydrogen) atoms. The molecule has 2 heterocycles. The van der Waals surface area contributed by atoms with E-state index in [0.29, 0.717) is 20.9 Å². The second-order valence-corrected chi connectivity index (χ2v) is 5.43. The van der Waals surface area contributed by atoms with Crippen molar-refractivity contribution in [2.45, 2.75) is 0 Å². The number of anilines is 2. The Morgan fingerprint density at radius 3 is 2.65 bits per heavy atom. The third-order valence-electron chi connectivity index (χ3n) is 2.51. The molecule has 0 radical (unpaired) electrons. The summed E-state index contributed by atoms with van der Waals surface area (Å²) in [6, 6.07) is 6.01. The van der Waals surface area contributed by atoms with Crippen LogP contribution in [0.3, 0.4) is 0 Å². The average molecular weight is 310 g/mol. The van der Waals surface area contributed by atoms with Gasteiger partial charge < -0.3 is 5.32 Å². The molecule has 0 aliphatic rings. The predicted molar refractivity (Wildman–Crippen MR) is 76.8 cm³/mol. The summed E-state index contributed by atoms with van der Waals surface area (Å²) in [5.74, 6) is -0.284. The number of rotatable bonds is 3. The average Bonchev–Trinajstić information content (AvgIpc) is 2.99. The highest BCUT2D eigenvalue weighted by atomic mass is 35.5. The van der Waals surface area contributed by atoms with Gasteiger partial charge in [-0.1, -0.05) is 22.9 Å². The van der Waals surface area contributed by atoms with Gasteiger partial charge in [-0.15, -0.1) is 10.2 Å². The summed E-state index contributed by atoms with van der Waals surface area (Å²) < 4.78 is 14.4. The van der Waals surface area contributed by atoms with Crippen LogP contribution in [0.5, 0.6) is 0 Å². The van der Waals surface area contributed by atoms with Crippen LogP contribution in [-0.4, -0.2) is 20.0 Å². The SMILES string of the molecule is Cn1cc(Cl)c(-c2nnc(Nc3ccc(F)cc3)s2)n1. The van der Waals surface area contributed by atoms with Gasteiger partial charge >= 0.3 is 0 Å². The minimum atomic E-state index is -0.284. The van der Waals surface area contributed by atoms with Crippen molar-refractivity contribution in [2.24, 2.45) is 7.05 Å². The highest BCUT2D eigenvalue weighted by molar-refractivity contribution is 7.18. The molecule has 0 saturated carbocycles. The first-order valence-corrected chi connectivity index (χ1v) is 6.87. The lowest BCUT2D eigenvalue weighted by atomic mass is 10.3. The van der Waals surface area contributed by atoms with Crippen LogP contribution in [0.15, 0.2) is 30.5 Å². The van der Waals surface area contributed by atoms with E-state index >= 15 is 0 Å². The van der Waals surface area contributed by atoms with Crippen LogP contribution in [0.4, 0.5) is 15.2 Å². The zero-order chi connectivity index (χ0) is 14.1. The summed E-state index contributed by atoms with van der Waals surface area (Å²) in [6.45, 7) is 0. The second kappa shape index (κ2) is 5.18. The van der Waals surface area contributed by atoms with Crippen LogP contribution >= 0.6 is 22.9 Å². The summed E-state index contributed by atoms with van der Waals surface area (Å²) in [6.07, 6.45) is 1.70. The van der Waals surface area contributed by atoms with E-state index in [2.05, 4.69) is 20.6 Å². The zero-order valence-electron chi connectivity index (χ0n) is 10.3. The molecule has 3 aromatic rings. The van der Waals surface area contributed by atoms with E-state index in [1.165, 1.54) is 23.5 Å². The number of hydrogen-bond donors (Lipinski definition) is 1. The van der Waals surface area contributed by atoms with Crippen LogP contribution in [-0.2, 0) is 7.05 Å². The molecule has 0 fully saturated rings. The van der Waals surface area contributed by atoms with Gasteiger partial charge in [-0.25, -0.2) is 4.39 Å². The quantitative estimate of drug-likeness (QED) is 0.805. The Kier molecular flexibility index (Phi) is 3.37. The molecule has 0 saturated heterocycles. The number of halogens is 2. The first kappa shape index (κ1) is 13.0. The lowest BCUT2D eigenvalue weighted by molar-refractivity contribution is 0.628. The molecular formula is C12H9ClFN5S. The van der Waals surface area contributed by atoms with Crippen LogP contribution in [0, 0.1) is 5.82 Å². The summed E-state index contributed by atoms with van der Waals surface area (Å²) in [4.78, 5) is 0. The molecule has 1 N–H and O–H groups in total. The highest BCUT2D eigenvalue weighted by Gasteiger charge is 2.14. The molecule has 3 rings (SSSR count). The van der Waals surface area contributed by atoms with Gasteiger partial charge in [-0.3, -0.25) is 4.68 Å². The van der Waals surface area contributed by atoms with Crippen molar-refractivity contribution in [3.63, 3.8) is 0 Å². The molecular weight excluding hydrogens is 301 g/mol. The van der Waals surface area contributed by atoms with Crippen molar-refractivity contribution in [2.75, 3.05) is 5.32 Å². The van der Waals surface area contributed by atoms with Crippen molar-refractivity contribution in [1.82, 2.24) is 20.0 Å². The third kappa shape index (κ3) is 2.63. The molecule has 8 heteroatoms. The largest absolute Gasteiger partial charge is 0.330 e. The summed E-state index contributed by atoms with van der Waals surface area (Å²) in [5, 5.41) is 17.1. The molecule has 0 atom stereocenters. The number of nitrogens with one attached hydrogen (secondary N) is 1. The van der Waals surface area contributed by atoms with E-state index in [0.717, 1.165) is 5.69 Å². The van der Waals surface area contributed by atoms with E-state index in [9.17, 15) is 4.39 Å². The Labute approximate surface area is 123 Å². The second-order valence-electron chi connectivity index (χ2n) is 4.04. The highest BCUT2D eigenvalue weighted by Crippen LogP contribution is 2.31. The van der Waals surface area contributed by atoms with Gasteiger partial charge in [-0.05, 0) is 24.3 Å². The van der Waals surface area contributed by atoms with Crippen molar-refractivity contribution >= 4 is 33.8 Å². The van der Waals surface area contributed by atoms with E-state index in [-0.39, 0.29) is 5.82 Å². The smallest absolute Gasteiger partial charge is 0.210 e. The molecule has 5 nitrogen and oxygen atoms in total. The Bertz CT molecular complexity index is 737. The molecule has 0 unspecified atom stereocenters. The number of aromatic nitrogens is 4. The molecule has 0 spiro atoms. The number of nitrogens with zero attached hydrogens (tertiary/aromatic N) is 4. The van der Waals surface area contributed by atoms with Gasteiger partial charge in [0, 0.05) is 18.9 Å². The zero-order valence-corrected chi connectivity index (χ0v) is 11.9. The van der Waals surface area contributed by atoms with Crippen molar-refractivity contribution in [3.05, 3.63) is 41.3 Å². The fourth-order valence-electron chi connectivity index (χ4n) is 1.63. The van der Waals surface area contributed by atoms with Gasteiger partial charge in [-0.2, -0.15) is 5.10 Å². The fourth-order valence-corrected chi connectivity index (χ4v) is 2.72. The molecule has 102 valence electrons. The van der Waals surface area contributed by atoms with Crippen LogP contribution in [0.25, 0.3) is 10.7 Å². The van der Waals surface area contributed by atoms with Crippen LogP contribution < -0.4 is 5.32 Å². The molecule has 0 bridgehead atoms. The maximum absolute atomic E-state index is 12.8. The monoisotopic (exact) mass is 309 g/mol. The third-order valence-corrected chi connectivity index (χ3v) is 3.63. The molecule has 0 amide bonds. The minimum Gasteiger partial charge on any atom is -0.330 e. The van der Waals surface area contributed by atoms with Crippen molar-refractivity contribution < 1.29 is 4.39 Å². The Balaban J connectivity index is 1.83. The first-order chi connectivity index (χ1) is 9.61. The minimum absolute atomic E-state index is 0.284. The van der Waals surface area contributed by atoms with Gasteiger partial charge in [0.05, 0.1) is 5.02 Å². The Hall–Kier alpha value is -1.99. The lowest BCUT2D eigenvalue weighted by Crippen LogP contribution is -1.89. The van der Waals surface area contributed by atoms with Crippen molar-refractivity contribution in [3.8, 4) is 10.7 Å². The normalized spacial score (nSPS) is 10.8. The van der Waals surface area contributed by atoms with Crippen LogP contribution in [0.2, 0.25) is 5.02 Å². The maximum atomic E-state index is 12.8.